The number of aromatic hydroxyl groups is 1. The number of rotatable bonds is 9. The van der Waals surface area contributed by atoms with Gasteiger partial charge >= 0.3 is 5.97 Å². The molecule has 0 aliphatic carbocycles. The van der Waals surface area contributed by atoms with E-state index in [4.69, 9.17) is 4.74 Å². The maximum Gasteiger partial charge on any atom is 0.325 e. The van der Waals surface area contributed by atoms with Crippen LogP contribution in [0.5, 0.6) is 5.75 Å². The van der Waals surface area contributed by atoms with Crippen molar-refractivity contribution in [1.29, 1.82) is 0 Å². The van der Waals surface area contributed by atoms with Crippen molar-refractivity contribution < 1.29 is 19.4 Å². The predicted molar refractivity (Wildman–Crippen MR) is 129 cm³/mol. The van der Waals surface area contributed by atoms with Crippen molar-refractivity contribution in [2.24, 2.45) is 11.8 Å². The largest absolute Gasteiger partial charge is 0.508 e. The highest BCUT2D eigenvalue weighted by Gasteiger charge is 2.39. The second-order valence-electron chi connectivity index (χ2n) is 9.29. The monoisotopic (exact) mass is 452 g/mol. The number of nitrogens with one attached hydrogen (secondary N) is 1. The molecule has 3 rings (SSSR count). The number of amides is 1. The molecule has 1 fully saturated rings. The molecule has 6 nitrogen and oxygen atoms in total. The number of hydrogen-bond acceptors (Lipinski definition) is 5. The quantitative estimate of drug-likeness (QED) is 0.569. The van der Waals surface area contributed by atoms with Gasteiger partial charge in [-0.25, -0.2) is 0 Å². The zero-order valence-corrected chi connectivity index (χ0v) is 19.9. The number of ether oxygens (including phenoxy) is 1. The maximum absolute atomic E-state index is 13.0. The van der Waals surface area contributed by atoms with Crippen LogP contribution in [0.25, 0.3) is 0 Å². The van der Waals surface area contributed by atoms with Crippen molar-refractivity contribution in [2.75, 3.05) is 32.8 Å². The lowest BCUT2D eigenvalue weighted by atomic mass is 9.68. The van der Waals surface area contributed by atoms with Crippen LogP contribution in [0.3, 0.4) is 0 Å². The van der Waals surface area contributed by atoms with E-state index in [0.717, 1.165) is 30.6 Å². The number of esters is 1. The molecule has 33 heavy (non-hydrogen) atoms. The highest BCUT2D eigenvalue weighted by atomic mass is 16.5. The summed E-state index contributed by atoms with van der Waals surface area (Å²) in [6, 6.07) is 17.6. The summed E-state index contributed by atoms with van der Waals surface area (Å²) in [7, 11) is 0. The van der Waals surface area contributed by atoms with Crippen LogP contribution in [0.2, 0.25) is 0 Å². The van der Waals surface area contributed by atoms with E-state index in [-0.39, 0.29) is 23.8 Å². The molecular weight excluding hydrogens is 416 g/mol. The van der Waals surface area contributed by atoms with Gasteiger partial charge in [-0.05, 0) is 60.9 Å². The van der Waals surface area contributed by atoms with Crippen LogP contribution < -0.4 is 5.32 Å². The predicted octanol–water partition coefficient (Wildman–Crippen LogP) is 3.53. The Morgan fingerprint density at radius 1 is 1.21 bits per heavy atom. The van der Waals surface area contributed by atoms with Crippen LogP contribution in [-0.2, 0) is 26.2 Å². The fourth-order valence-electron chi connectivity index (χ4n) is 4.74. The van der Waals surface area contributed by atoms with E-state index in [1.165, 1.54) is 0 Å². The van der Waals surface area contributed by atoms with E-state index in [9.17, 15) is 14.7 Å². The maximum atomic E-state index is 13.0. The Bertz CT molecular complexity index is 933. The summed E-state index contributed by atoms with van der Waals surface area (Å²) in [6.45, 7) is 8.80. The van der Waals surface area contributed by atoms with Gasteiger partial charge < -0.3 is 20.1 Å². The number of likely N-dealkylation sites (tertiary alicyclic amines) is 1. The van der Waals surface area contributed by atoms with Crippen LogP contribution in [0, 0.1) is 11.8 Å². The first-order chi connectivity index (χ1) is 15.8. The molecule has 0 unspecified atom stereocenters. The first-order valence-corrected chi connectivity index (χ1v) is 11.8. The lowest BCUT2D eigenvalue weighted by Gasteiger charge is -2.45. The smallest absolute Gasteiger partial charge is 0.325 e. The minimum Gasteiger partial charge on any atom is -0.508 e. The van der Waals surface area contributed by atoms with Crippen molar-refractivity contribution in [1.82, 2.24) is 10.2 Å². The zero-order valence-electron chi connectivity index (χ0n) is 19.9. The fourth-order valence-corrected chi connectivity index (χ4v) is 4.74. The molecule has 1 heterocycles. The van der Waals surface area contributed by atoms with Crippen LogP contribution in [0.4, 0.5) is 0 Å². The van der Waals surface area contributed by atoms with Crippen molar-refractivity contribution in [3.05, 3.63) is 65.7 Å². The molecule has 0 radical (unpaired) electrons. The molecule has 6 heteroatoms. The van der Waals surface area contributed by atoms with E-state index >= 15 is 0 Å². The van der Waals surface area contributed by atoms with Crippen molar-refractivity contribution in [3.63, 3.8) is 0 Å². The Hall–Kier alpha value is -2.86. The first-order valence-electron chi connectivity index (χ1n) is 11.8. The lowest BCUT2D eigenvalue weighted by Crippen LogP contribution is -2.50. The van der Waals surface area contributed by atoms with E-state index in [0.29, 0.717) is 31.2 Å². The summed E-state index contributed by atoms with van der Waals surface area (Å²) >= 11 is 0. The third-order valence-corrected chi connectivity index (χ3v) is 6.96. The van der Waals surface area contributed by atoms with Gasteiger partial charge in [-0.2, -0.15) is 0 Å². The summed E-state index contributed by atoms with van der Waals surface area (Å²) in [5.74, 6) is -0.157. The SMILES string of the molecule is CCOC(=O)CNC(=O)[C@@H](Cc1ccccc1)CN1CC[C@@](C)(c2cccc(O)c2)[C@@H](C)C1. The number of carbonyl (C=O) groups is 2. The standard InChI is InChI=1S/C27H36N2O4/c1-4-33-25(31)17-28-26(32)22(15-21-9-6-5-7-10-21)19-29-14-13-27(3,20(2)18-29)23-11-8-12-24(30)16-23/h5-12,16,20,22,30H,4,13-15,17-19H2,1-3H3,(H,28,32)/t20-,22-,27+/m0/s1. The first kappa shape index (κ1) is 24.8. The zero-order chi connectivity index (χ0) is 23.8. The van der Waals surface area contributed by atoms with Gasteiger partial charge in [0, 0.05) is 13.1 Å². The van der Waals surface area contributed by atoms with Gasteiger partial charge in [-0.1, -0.05) is 56.3 Å². The molecule has 2 N–H and O–H groups in total. The fraction of sp³-hybridized carbons (Fsp3) is 0.481. The lowest BCUT2D eigenvalue weighted by molar-refractivity contribution is -0.143. The van der Waals surface area contributed by atoms with Crippen molar-refractivity contribution in [2.45, 2.75) is 39.0 Å². The van der Waals surface area contributed by atoms with Gasteiger partial charge in [0.2, 0.25) is 5.91 Å². The normalized spacial score (nSPS) is 21.8. The minimum absolute atomic E-state index is 0.0314. The summed E-state index contributed by atoms with van der Waals surface area (Å²) in [4.78, 5) is 27.1. The Morgan fingerprint density at radius 3 is 2.64 bits per heavy atom. The summed E-state index contributed by atoms with van der Waals surface area (Å²) in [5.41, 5.74) is 2.22. The van der Waals surface area contributed by atoms with E-state index in [1.54, 1.807) is 13.0 Å². The number of piperidine rings is 1. The number of benzene rings is 2. The van der Waals surface area contributed by atoms with Gasteiger partial charge in [0.15, 0.2) is 0 Å². The number of phenols is 1. The van der Waals surface area contributed by atoms with E-state index in [1.807, 2.05) is 42.5 Å². The molecule has 0 saturated carbocycles. The van der Waals surface area contributed by atoms with Gasteiger partial charge in [-0.3, -0.25) is 9.59 Å². The molecule has 0 aromatic heterocycles. The highest BCUT2D eigenvalue weighted by molar-refractivity contribution is 5.83. The van der Waals surface area contributed by atoms with E-state index in [2.05, 4.69) is 30.1 Å². The highest BCUT2D eigenvalue weighted by Crippen LogP contribution is 2.40. The Morgan fingerprint density at radius 2 is 1.97 bits per heavy atom. The molecule has 1 aliphatic heterocycles. The van der Waals surface area contributed by atoms with Crippen LogP contribution in [-0.4, -0.2) is 54.7 Å². The second-order valence-corrected chi connectivity index (χ2v) is 9.29. The third-order valence-electron chi connectivity index (χ3n) is 6.96. The van der Waals surface area contributed by atoms with Crippen molar-refractivity contribution >= 4 is 11.9 Å². The molecule has 2 aromatic carbocycles. The summed E-state index contributed by atoms with van der Waals surface area (Å²) in [5, 5.41) is 12.7. The summed E-state index contributed by atoms with van der Waals surface area (Å²) in [6.07, 6.45) is 1.56. The van der Waals surface area contributed by atoms with Gasteiger partial charge in [0.1, 0.15) is 12.3 Å². The molecule has 1 aliphatic rings. The van der Waals surface area contributed by atoms with Gasteiger partial charge in [0.25, 0.3) is 0 Å². The Labute approximate surface area is 196 Å². The minimum atomic E-state index is -0.419. The average molecular weight is 453 g/mol. The molecule has 178 valence electrons. The summed E-state index contributed by atoms with van der Waals surface area (Å²) < 4.78 is 4.95. The number of carbonyl (C=O) groups excluding carboxylic acids is 2. The van der Waals surface area contributed by atoms with Crippen LogP contribution in [0.1, 0.15) is 38.3 Å². The molecule has 3 atom stereocenters. The van der Waals surface area contributed by atoms with Crippen LogP contribution >= 0.6 is 0 Å². The Balaban J connectivity index is 1.68. The molecule has 1 saturated heterocycles. The molecule has 1 amide bonds. The third kappa shape index (κ3) is 6.57. The van der Waals surface area contributed by atoms with Gasteiger partial charge in [-0.15, -0.1) is 0 Å². The number of hydrogen-bond donors (Lipinski definition) is 2. The number of phenolic OH excluding ortho intramolecular Hbond substituents is 1. The van der Waals surface area contributed by atoms with Crippen LogP contribution in [0.15, 0.2) is 54.6 Å². The average Bonchev–Trinajstić information content (AvgIpc) is 2.80. The molecule has 2 aromatic rings. The Kier molecular flexibility index (Phi) is 8.50. The van der Waals surface area contributed by atoms with Gasteiger partial charge in [0.05, 0.1) is 12.5 Å². The number of nitrogens with zero attached hydrogens (tertiary/aromatic N) is 1. The topological polar surface area (TPSA) is 78.9 Å². The second kappa shape index (κ2) is 11.3. The molecular formula is C27H36N2O4. The van der Waals surface area contributed by atoms with E-state index < -0.39 is 5.97 Å². The molecule has 0 spiro atoms. The van der Waals surface area contributed by atoms with Crippen molar-refractivity contribution in [3.8, 4) is 5.75 Å². The molecule has 0 bridgehead atoms.